The SMILES string of the molecule is O=C(OCc1ccccc1)N1CC[C@@H]2NC=C[C@@H]21. The van der Waals surface area contributed by atoms with Gasteiger partial charge in [-0.25, -0.2) is 4.79 Å². The summed E-state index contributed by atoms with van der Waals surface area (Å²) in [6.07, 6.45) is 4.71. The highest BCUT2D eigenvalue weighted by Crippen LogP contribution is 2.23. The third kappa shape index (κ3) is 2.06. The first kappa shape index (κ1) is 11.1. The summed E-state index contributed by atoms with van der Waals surface area (Å²) in [5, 5.41) is 3.25. The summed E-state index contributed by atoms with van der Waals surface area (Å²) in [6, 6.07) is 10.3. The smallest absolute Gasteiger partial charge is 0.410 e. The summed E-state index contributed by atoms with van der Waals surface area (Å²) in [5.41, 5.74) is 1.02. The van der Waals surface area contributed by atoms with Crippen molar-refractivity contribution in [2.24, 2.45) is 0 Å². The van der Waals surface area contributed by atoms with Crippen molar-refractivity contribution in [2.75, 3.05) is 6.54 Å². The Bertz CT molecular complexity index is 458. The normalized spacial score (nSPS) is 24.8. The van der Waals surface area contributed by atoms with Crippen molar-refractivity contribution in [2.45, 2.75) is 25.1 Å². The van der Waals surface area contributed by atoms with E-state index in [0.717, 1.165) is 18.5 Å². The molecule has 2 aliphatic heterocycles. The van der Waals surface area contributed by atoms with Gasteiger partial charge in [0.15, 0.2) is 0 Å². The van der Waals surface area contributed by atoms with Crippen LogP contribution in [0.5, 0.6) is 0 Å². The fourth-order valence-corrected chi connectivity index (χ4v) is 2.53. The zero-order chi connectivity index (χ0) is 12.4. The number of benzene rings is 1. The Kier molecular flexibility index (Phi) is 2.92. The van der Waals surface area contributed by atoms with Crippen LogP contribution in [0, 0.1) is 0 Å². The summed E-state index contributed by atoms with van der Waals surface area (Å²) >= 11 is 0. The van der Waals surface area contributed by atoms with Gasteiger partial charge in [0.2, 0.25) is 0 Å². The average Bonchev–Trinajstić information content (AvgIpc) is 2.99. The van der Waals surface area contributed by atoms with Gasteiger partial charge in [-0.15, -0.1) is 0 Å². The van der Waals surface area contributed by atoms with Crippen LogP contribution in [0.3, 0.4) is 0 Å². The zero-order valence-corrected chi connectivity index (χ0v) is 10.1. The third-order valence-electron chi connectivity index (χ3n) is 3.50. The molecular formula is C14H16N2O2. The minimum absolute atomic E-state index is 0.160. The van der Waals surface area contributed by atoms with Gasteiger partial charge in [-0.3, -0.25) is 4.90 Å². The summed E-state index contributed by atoms with van der Waals surface area (Å²) in [6.45, 7) is 1.10. The molecule has 0 spiro atoms. The van der Waals surface area contributed by atoms with Crippen molar-refractivity contribution >= 4 is 6.09 Å². The van der Waals surface area contributed by atoms with Gasteiger partial charge in [-0.05, 0) is 24.3 Å². The predicted octanol–water partition coefficient (Wildman–Crippen LogP) is 1.88. The number of likely N-dealkylation sites (tertiary alicyclic amines) is 1. The maximum atomic E-state index is 12.0. The molecule has 1 amide bonds. The van der Waals surface area contributed by atoms with Gasteiger partial charge in [0.1, 0.15) is 6.61 Å². The Morgan fingerprint density at radius 1 is 1.39 bits per heavy atom. The second kappa shape index (κ2) is 4.72. The summed E-state index contributed by atoms with van der Waals surface area (Å²) in [4.78, 5) is 13.8. The molecule has 1 aromatic rings. The van der Waals surface area contributed by atoms with Crippen LogP contribution in [-0.2, 0) is 11.3 Å². The third-order valence-corrected chi connectivity index (χ3v) is 3.50. The molecule has 2 heterocycles. The summed E-state index contributed by atoms with van der Waals surface area (Å²) in [7, 11) is 0. The van der Waals surface area contributed by atoms with Crippen LogP contribution in [0.1, 0.15) is 12.0 Å². The number of fused-ring (bicyclic) bond motifs is 1. The molecule has 1 aromatic carbocycles. The minimum Gasteiger partial charge on any atom is -0.445 e. The molecule has 0 unspecified atom stereocenters. The van der Waals surface area contributed by atoms with Gasteiger partial charge in [-0.1, -0.05) is 30.3 Å². The molecule has 1 fully saturated rings. The second-order valence-corrected chi connectivity index (χ2v) is 4.65. The van der Waals surface area contributed by atoms with Crippen molar-refractivity contribution in [3.63, 3.8) is 0 Å². The second-order valence-electron chi connectivity index (χ2n) is 4.65. The van der Waals surface area contributed by atoms with E-state index in [1.165, 1.54) is 0 Å². The standard InChI is InChI=1S/C14H16N2O2/c17-14(18-10-11-4-2-1-3-5-11)16-9-7-12-13(16)6-8-15-12/h1-6,8,12-13,15H,7,9-10H2/t12-,13-/m0/s1. The van der Waals surface area contributed by atoms with Crippen LogP contribution >= 0.6 is 0 Å². The van der Waals surface area contributed by atoms with E-state index in [9.17, 15) is 4.79 Å². The molecule has 3 rings (SSSR count). The number of rotatable bonds is 2. The highest BCUT2D eigenvalue weighted by atomic mass is 16.6. The maximum absolute atomic E-state index is 12.0. The van der Waals surface area contributed by atoms with Crippen LogP contribution in [0.25, 0.3) is 0 Å². The van der Waals surface area contributed by atoms with Crippen LogP contribution in [0.15, 0.2) is 42.6 Å². The van der Waals surface area contributed by atoms with Crippen molar-refractivity contribution in [3.05, 3.63) is 48.2 Å². The molecular weight excluding hydrogens is 228 g/mol. The number of carbonyl (C=O) groups is 1. The molecule has 2 atom stereocenters. The summed E-state index contributed by atoms with van der Waals surface area (Å²) < 4.78 is 5.35. The highest BCUT2D eigenvalue weighted by Gasteiger charge is 2.38. The number of nitrogens with one attached hydrogen (secondary N) is 1. The monoisotopic (exact) mass is 244 g/mol. The lowest BCUT2D eigenvalue weighted by molar-refractivity contribution is 0.0970. The molecule has 0 radical (unpaired) electrons. The highest BCUT2D eigenvalue weighted by molar-refractivity contribution is 5.69. The lowest BCUT2D eigenvalue weighted by atomic mass is 10.2. The van der Waals surface area contributed by atoms with E-state index < -0.39 is 0 Å². The Hall–Kier alpha value is -1.97. The number of amides is 1. The van der Waals surface area contributed by atoms with E-state index in [1.54, 1.807) is 4.90 Å². The number of carbonyl (C=O) groups excluding carboxylic acids is 1. The lowest BCUT2D eigenvalue weighted by Gasteiger charge is -2.21. The molecule has 18 heavy (non-hydrogen) atoms. The van der Waals surface area contributed by atoms with Crippen molar-refractivity contribution < 1.29 is 9.53 Å². The van der Waals surface area contributed by atoms with Gasteiger partial charge in [0, 0.05) is 6.54 Å². The van der Waals surface area contributed by atoms with E-state index in [-0.39, 0.29) is 12.1 Å². The van der Waals surface area contributed by atoms with Crippen LogP contribution in [-0.4, -0.2) is 29.6 Å². The first-order chi connectivity index (χ1) is 8.84. The van der Waals surface area contributed by atoms with E-state index in [4.69, 9.17) is 4.74 Å². The fourth-order valence-electron chi connectivity index (χ4n) is 2.53. The molecule has 4 nitrogen and oxygen atoms in total. The van der Waals surface area contributed by atoms with Crippen LogP contribution in [0.4, 0.5) is 4.79 Å². The van der Waals surface area contributed by atoms with Crippen LogP contribution in [0.2, 0.25) is 0 Å². The van der Waals surface area contributed by atoms with Gasteiger partial charge in [-0.2, -0.15) is 0 Å². The lowest BCUT2D eigenvalue weighted by Crippen LogP contribution is -2.39. The number of ether oxygens (including phenoxy) is 1. The van der Waals surface area contributed by atoms with Crippen LogP contribution < -0.4 is 5.32 Å². The molecule has 4 heteroatoms. The average molecular weight is 244 g/mol. The van der Waals surface area contributed by atoms with Gasteiger partial charge in [0.05, 0.1) is 12.1 Å². The van der Waals surface area contributed by atoms with E-state index in [0.29, 0.717) is 12.6 Å². The first-order valence-corrected chi connectivity index (χ1v) is 6.24. The largest absolute Gasteiger partial charge is 0.445 e. The Balaban J connectivity index is 1.57. The van der Waals surface area contributed by atoms with E-state index in [1.807, 2.05) is 42.6 Å². The number of nitrogens with zero attached hydrogens (tertiary/aromatic N) is 1. The quantitative estimate of drug-likeness (QED) is 0.863. The molecule has 0 aliphatic carbocycles. The fraction of sp³-hybridized carbons (Fsp3) is 0.357. The molecule has 0 saturated carbocycles. The number of hydrogen-bond acceptors (Lipinski definition) is 3. The van der Waals surface area contributed by atoms with Crippen molar-refractivity contribution in [3.8, 4) is 0 Å². The van der Waals surface area contributed by atoms with Crippen molar-refractivity contribution in [1.82, 2.24) is 10.2 Å². The molecule has 1 N–H and O–H groups in total. The molecule has 2 aliphatic rings. The van der Waals surface area contributed by atoms with E-state index >= 15 is 0 Å². The molecule has 1 saturated heterocycles. The zero-order valence-electron chi connectivity index (χ0n) is 10.1. The Morgan fingerprint density at radius 2 is 2.22 bits per heavy atom. The maximum Gasteiger partial charge on any atom is 0.410 e. The Labute approximate surface area is 106 Å². The topological polar surface area (TPSA) is 41.6 Å². The van der Waals surface area contributed by atoms with E-state index in [2.05, 4.69) is 5.32 Å². The molecule has 0 bridgehead atoms. The Morgan fingerprint density at radius 3 is 3.06 bits per heavy atom. The minimum atomic E-state index is -0.222. The van der Waals surface area contributed by atoms with Gasteiger partial charge < -0.3 is 10.1 Å². The molecule has 0 aromatic heterocycles. The van der Waals surface area contributed by atoms with Gasteiger partial charge in [0.25, 0.3) is 0 Å². The summed E-state index contributed by atoms with van der Waals surface area (Å²) in [5.74, 6) is 0. The van der Waals surface area contributed by atoms with Crippen molar-refractivity contribution in [1.29, 1.82) is 0 Å². The first-order valence-electron chi connectivity index (χ1n) is 6.24. The van der Waals surface area contributed by atoms with Gasteiger partial charge >= 0.3 is 6.09 Å². The number of hydrogen-bond donors (Lipinski definition) is 1. The predicted molar refractivity (Wildman–Crippen MR) is 67.8 cm³/mol. The molecule has 94 valence electrons.